The summed E-state index contributed by atoms with van der Waals surface area (Å²) in [6.07, 6.45) is 2.25. The summed E-state index contributed by atoms with van der Waals surface area (Å²) >= 11 is 6.94. The fraction of sp³-hybridized carbons (Fsp3) is 0.722. The average molecular weight is 462 g/mol. The second-order valence-electron chi connectivity index (χ2n) is 8.10. The number of fused-ring (bicyclic) bond motifs is 1. The number of rotatable bonds is 8. The third-order valence-corrected chi connectivity index (χ3v) is 7.66. The molecule has 0 bridgehead atoms. The van der Waals surface area contributed by atoms with E-state index in [2.05, 4.69) is 22.4 Å². The first-order chi connectivity index (χ1) is 14.2. The molecule has 2 N–H and O–H groups in total. The molecule has 4 unspecified atom stereocenters. The Morgan fingerprint density at radius 1 is 1.37 bits per heavy atom. The van der Waals surface area contributed by atoms with Gasteiger partial charge < -0.3 is 24.6 Å². The van der Waals surface area contributed by atoms with Crippen molar-refractivity contribution in [2.45, 2.75) is 30.3 Å². The van der Waals surface area contributed by atoms with E-state index in [1.807, 2.05) is 0 Å². The lowest BCUT2D eigenvalue weighted by Gasteiger charge is -2.54. The molecular weight excluding hydrogens is 436 g/mol. The van der Waals surface area contributed by atoms with Crippen molar-refractivity contribution in [2.24, 2.45) is 11.1 Å². The van der Waals surface area contributed by atoms with Gasteiger partial charge in [-0.15, -0.1) is 23.4 Å². The number of oxime groups is 1. The van der Waals surface area contributed by atoms with Crippen molar-refractivity contribution in [1.29, 1.82) is 0 Å². The molecule has 3 saturated heterocycles. The zero-order chi connectivity index (χ0) is 22.1. The summed E-state index contributed by atoms with van der Waals surface area (Å²) in [6, 6.07) is -1.85. The number of nitrogens with zero attached hydrogens (tertiary/aromatic N) is 3. The van der Waals surface area contributed by atoms with Crippen LogP contribution in [0, 0.1) is 5.92 Å². The molecule has 3 aliphatic heterocycles. The number of likely N-dealkylation sites (tertiary alicyclic amines) is 1. The van der Waals surface area contributed by atoms with Crippen LogP contribution in [0.25, 0.3) is 0 Å². The molecule has 0 aromatic carbocycles. The molecule has 0 spiro atoms. The minimum Gasteiger partial charge on any atom is -0.480 e. The normalized spacial score (nSPS) is 30.3. The van der Waals surface area contributed by atoms with Gasteiger partial charge in [0.15, 0.2) is 0 Å². The molecule has 0 aromatic rings. The summed E-state index contributed by atoms with van der Waals surface area (Å²) in [4.78, 5) is 54.9. The Kier molecular flexibility index (Phi) is 6.93. The molecule has 10 nitrogen and oxygen atoms in total. The van der Waals surface area contributed by atoms with Gasteiger partial charge in [-0.2, -0.15) is 0 Å². The number of β-lactam (4-membered cyclic amide) rings is 1. The van der Waals surface area contributed by atoms with Gasteiger partial charge in [0.2, 0.25) is 17.4 Å². The van der Waals surface area contributed by atoms with Gasteiger partial charge in [0.25, 0.3) is 5.91 Å². The lowest BCUT2D eigenvalue weighted by molar-refractivity contribution is -0.900. The number of aliphatic carboxylic acids is 1. The maximum atomic E-state index is 12.8. The first kappa shape index (κ1) is 22.8. The van der Waals surface area contributed by atoms with Gasteiger partial charge >= 0.3 is 5.97 Å². The van der Waals surface area contributed by atoms with Crippen molar-refractivity contribution in [3.8, 4) is 0 Å². The molecule has 166 valence electrons. The van der Waals surface area contributed by atoms with E-state index in [1.165, 1.54) is 23.8 Å². The molecule has 0 radical (unpaired) electrons. The summed E-state index contributed by atoms with van der Waals surface area (Å²) in [5.41, 5.74) is -0.529. The van der Waals surface area contributed by atoms with Crippen LogP contribution in [0.5, 0.6) is 0 Å². The summed E-state index contributed by atoms with van der Waals surface area (Å²) in [6.45, 7) is 2.73. The predicted molar refractivity (Wildman–Crippen MR) is 110 cm³/mol. The van der Waals surface area contributed by atoms with Crippen LogP contribution in [0.2, 0.25) is 0 Å². The number of halogens is 1. The number of hydrogen-bond acceptors (Lipinski definition) is 7. The molecule has 12 heteroatoms. The minimum absolute atomic E-state index is 0.170. The third-order valence-electron chi connectivity index (χ3n) is 5.95. The van der Waals surface area contributed by atoms with Crippen LogP contribution in [0.4, 0.5) is 0 Å². The molecule has 3 aliphatic rings. The largest absolute Gasteiger partial charge is 0.480 e. The highest BCUT2D eigenvalue weighted by Crippen LogP contribution is 2.41. The second kappa shape index (κ2) is 9.11. The van der Waals surface area contributed by atoms with Gasteiger partial charge in [-0.1, -0.05) is 5.16 Å². The Morgan fingerprint density at radius 3 is 2.60 bits per heavy atom. The Balaban J connectivity index is 1.71. The molecule has 3 fully saturated rings. The van der Waals surface area contributed by atoms with Crippen LogP contribution in [0.3, 0.4) is 0 Å². The van der Waals surface area contributed by atoms with Crippen molar-refractivity contribution in [3.05, 3.63) is 0 Å². The van der Waals surface area contributed by atoms with E-state index >= 15 is 0 Å². The van der Waals surface area contributed by atoms with E-state index in [0.29, 0.717) is 12.3 Å². The van der Waals surface area contributed by atoms with Crippen molar-refractivity contribution >= 4 is 52.6 Å². The number of amides is 2. The number of hydrogen-bond donors (Lipinski definition) is 2. The van der Waals surface area contributed by atoms with Crippen molar-refractivity contribution in [1.82, 2.24) is 10.2 Å². The fourth-order valence-corrected chi connectivity index (χ4v) is 6.17. The van der Waals surface area contributed by atoms with E-state index in [4.69, 9.17) is 11.6 Å². The quantitative estimate of drug-likeness (QED) is 0.125. The maximum Gasteiger partial charge on any atom is 0.327 e. The Hall–Kier alpha value is -1.85. The van der Waals surface area contributed by atoms with Crippen molar-refractivity contribution < 1.29 is 33.6 Å². The van der Waals surface area contributed by atoms with E-state index in [1.54, 1.807) is 0 Å². The topological polar surface area (TPSA) is 125 Å². The number of carboxylic acids is 1. The molecular formula is C18H26ClN4O6S+. The number of nitrogens with one attached hydrogen (secondary N) is 1. The van der Waals surface area contributed by atoms with Crippen molar-refractivity contribution in [3.63, 3.8) is 0 Å². The zero-order valence-electron chi connectivity index (χ0n) is 16.9. The fourth-order valence-electron chi connectivity index (χ4n) is 4.54. The van der Waals surface area contributed by atoms with Crippen LogP contribution in [0.1, 0.15) is 12.8 Å². The Labute approximate surface area is 183 Å². The van der Waals surface area contributed by atoms with Gasteiger partial charge in [-0.3, -0.25) is 14.4 Å². The highest BCUT2D eigenvalue weighted by Gasteiger charge is 2.59. The highest BCUT2D eigenvalue weighted by molar-refractivity contribution is 8.00. The van der Waals surface area contributed by atoms with Crippen LogP contribution >= 0.6 is 23.4 Å². The molecule has 0 aromatic heterocycles. The van der Waals surface area contributed by atoms with Gasteiger partial charge in [0, 0.05) is 24.5 Å². The van der Waals surface area contributed by atoms with Gasteiger partial charge in [0.05, 0.1) is 32.6 Å². The summed E-state index contributed by atoms with van der Waals surface area (Å²) < 4.78 is 0.819. The Morgan fingerprint density at radius 2 is 2.03 bits per heavy atom. The third kappa shape index (κ3) is 4.28. The summed E-state index contributed by atoms with van der Waals surface area (Å²) in [7, 11) is 3.32. The van der Waals surface area contributed by atoms with E-state index in [0.717, 1.165) is 30.4 Å². The van der Waals surface area contributed by atoms with Crippen molar-refractivity contribution in [2.75, 3.05) is 45.4 Å². The summed E-state index contributed by atoms with van der Waals surface area (Å²) in [5, 5.41) is 15.2. The number of Topliss-reactive ketones (excluding diaryl/α,β-unsaturated/α-hetero) is 1. The number of alkyl halides is 1. The average Bonchev–Trinajstić information content (AvgIpc) is 3.14. The summed E-state index contributed by atoms with van der Waals surface area (Å²) in [5.74, 6) is -3.17. The SMILES string of the molecule is CO/N=C(\C(=O)CCl)C(=O)NC1C(=O)N2C1SCC(C[N+]1(C)CCCC1)C2C(=O)O. The van der Waals surface area contributed by atoms with Gasteiger partial charge in [0.1, 0.15) is 24.6 Å². The number of quaternary nitrogens is 1. The smallest absolute Gasteiger partial charge is 0.327 e. The molecule has 30 heavy (non-hydrogen) atoms. The minimum atomic E-state index is -1.03. The lowest BCUT2D eigenvalue weighted by atomic mass is 9.92. The number of carbonyl (C=O) groups is 4. The van der Waals surface area contributed by atoms with Crippen LogP contribution in [-0.2, 0) is 24.0 Å². The zero-order valence-corrected chi connectivity index (χ0v) is 18.4. The van der Waals surface area contributed by atoms with E-state index < -0.39 is 52.6 Å². The van der Waals surface area contributed by atoms with Crippen LogP contribution in [-0.4, -0.2) is 107 Å². The predicted octanol–water partition coefficient (Wildman–Crippen LogP) is -0.494. The van der Waals surface area contributed by atoms with Gasteiger partial charge in [-0.05, 0) is 0 Å². The lowest BCUT2D eigenvalue weighted by Crippen LogP contribution is -2.76. The molecule has 3 heterocycles. The van der Waals surface area contributed by atoms with Crippen LogP contribution < -0.4 is 5.32 Å². The van der Waals surface area contributed by atoms with E-state index in [-0.39, 0.29) is 5.92 Å². The monoisotopic (exact) mass is 461 g/mol. The first-order valence-electron chi connectivity index (χ1n) is 9.73. The molecule has 0 aliphatic carbocycles. The maximum absolute atomic E-state index is 12.8. The first-order valence-corrected chi connectivity index (χ1v) is 11.3. The number of thioether (sulfide) groups is 1. The second-order valence-corrected chi connectivity index (χ2v) is 9.52. The molecule has 4 atom stereocenters. The highest BCUT2D eigenvalue weighted by atomic mass is 35.5. The number of carboxylic acid groups (broad SMARTS) is 1. The molecule has 2 amide bonds. The standard InChI is InChI=1S/C18H25ClN4O6S/c1-23(5-3-4-6-23)8-10-9-30-17-13(16(26)22(17)14(10)18(27)28)20-15(25)12(21-29-2)11(24)7-19/h10,13-14,17H,3-9H2,1-2H3,(H-,20,25,27,28)/p+1/b21-12+. The number of ketones is 1. The van der Waals surface area contributed by atoms with Gasteiger partial charge in [-0.25, -0.2) is 4.79 Å². The van der Waals surface area contributed by atoms with Crippen LogP contribution in [0.15, 0.2) is 5.16 Å². The Bertz CT molecular complexity index is 772. The number of carbonyl (C=O) groups excluding carboxylic acids is 3. The molecule has 0 saturated carbocycles. The molecule has 3 rings (SSSR count). The van der Waals surface area contributed by atoms with E-state index in [9.17, 15) is 24.3 Å².